The molecule has 0 amide bonds. The van der Waals surface area contributed by atoms with Crippen LogP contribution < -0.4 is 5.73 Å². The molecule has 0 fully saturated rings. The van der Waals surface area contributed by atoms with Crippen LogP contribution in [0, 0.1) is 6.92 Å². The summed E-state index contributed by atoms with van der Waals surface area (Å²) in [5, 5.41) is 0. The lowest BCUT2D eigenvalue weighted by atomic mass is 10.0. The highest BCUT2D eigenvalue weighted by Crippen LogP contribution is 2.21. The van der Waals surface area contributed by atoms with Crippen LogP contribution in [-0.4, -0.2) is 24.1 Å². The molecule has 0 aliphatic carbocycles. The molecule has 4 nitrogen and oxygen atoms in total. The van der Waals surface area contributed by atoms with Gasteiger partial charge in [-0.1, -0.05) is 13.8 Å². The van der Waals surface area contributed by atoms with Crippen molar-refractivity contribution in [1.29, 1.82) is 0 Å². The van der Waals surface area contributed by atoms with Crippen molar-refractivity contribution in [3.8, 4) is 0 Å². The maximum Gasteiger partial charge on any atom is 0.340 e. The summed E-state index contributed by atoms with van der Waals surface area (Å²) < 4.78 is 5.02. The summed E-state index contributed by atoms with van der Waals surface area (Å²) in [6.45, 7) is 6.57. The van der Waals surface area contributed by atoms with Crippen LogP contribution in [0.2, 0.25) is 0 Å². The molecule has 15 heavy (non-hydrogen) atoms. The summed E-state index contributed by atoms with van der Waals surface area (Å²) in [5.41, 5.74) is 7.78. The largest absolute Gasteiger partial charge is 0.461 e. The average molecular weight is 210 g/mol. The van der Waals surface area contributed by atoms with Crippen LogP contribution >= 0.6 is 0 Å². The number of aromatic amines is 1. The molecule has 1 aromatic heterocycles. The molecular weight excluding hydrogens is 192 g/mol. The highest BCUT2D eigenvalue weighted by molar-refractivity contribution is 5.92. The highest BCUT2D eigenvalue weighted by atomic mass is 16.5. The van der Waals surface area contributed by atoms with Crippen LogP contribution in [-0.2, 0) is 4.74 Å². The minimum atomic E-state index is -0.289. The van der Waals surface area contributed by atoms with E-state index >= 15 is 0 Å². The third-order valence-corrected chi connectivity index (χ3v) is 2.24. The second-order valence-corrected chi connectivity index (χ2v) is 3.84. The van der Waals surface area contributed by atoms with Gasteiger partial charge in [0.25, 0.3) is 0 Å². The van der Waals surface area contributed by atoms with Gasteiger partial charge in [-0.3, -0.25) is 0 Å². The standard InChI is InChI=1S/C11H18N2O2/c1-7(2)10-9(8(3)6-13-10)11(14)15-5-4-12/h6-7,13H,4-5,12H2,1-3H3. The van der Waals surface area contributed by atoms with E-state index in [1.807, 2.05) is 27.0 Å². The number of carbonyl (C=O) groups excluding carboxylic acids is 1. The van der Waals surface area contributed by atoms with Crippen molar-refractivity contribution >= 4 is 5.97 Å². The fourth-order valence-corrected chi connectivity index (χ4v) is 1.49. The SMILES string of the molecule is Cc1c[nH]c(C(C)C)c1C(=O)OCCN. The first-order valence-electron chi connectivity index (χ1n) is 5.13. The molecule has 0 saturated heterocycles. The lowest BCUT2D eigenvalue weighted by Gasteiger charge is -2.08. The monoisotopic (exact) mass is 210 g/mol. The van der Waals surface area contributed by atoms with Crippen LogP contribution in [0.1, 0.15) is 41.4 Å². The molecule has 1 heterocycles. The van der Waals surface area contributed by atoms with Gasteiger partial charge in [0, 0.05) is 18.4 Å². The molecule has 0 unspecified atom stereocenters. The Morgan fingerprint density at radius 1 is 1.60 bits per heavy atom. The van der Waals surface area contributed by atoms with E-state index < -0.39 is 0 Å². The van der Waals surface area contributed by atoms with Crippen molar-refractivity contribution in [2.24, 2.45) is 5.73 Å². The van der Waals surface area contributed by atoms with Crippen molar-refractivity contribution in [3.63, 3.8) is 0 Å². The second-order valence-electron chi connectivity index (χ2n) is 3.84. The molecule has 0 spiro atoms. The minimum absolute atomic E-state index is 0.265. The van der Waals surface area contributed by atoms with Crippen molar-refractivity contribution in [3.05, 3.63) is 23.0 Å². The van der Waals surface area contributed by atoms with Gasteiger partial charge in [0.2, 0.25) is 0 Å². The molecule has 84 valence electrons. The predicted molar refractivity (Wildman–Crippen MR) is 59.0 cm³/mol. The van der Waals surface area contributed by atoms with Crippen LogP contribution in [0.3, 0.4) is 0 Å². The smallest absolute Gasteiger partial charge is 0.340 e. The lowest BCUT2D eigenvalue weighted by Crippen LogP contribution is -2.15. The summed E-state index contributed by atoms with van der Waals surface area (Å²) >= 11 is 0. The minimum Gasteiger partial charge on any atom is -0.461 e. The molecule has 0 aliphatic rings. The summed E-state index contributed by atoms with van der Waals surface area (Å²) in [5.74, 6) is -0.0120. The van der Waals surface area contributed by atoms with Gasteiger partial charge < -0.3 is 15.5 Å². The zero-order chi connectivity index (χ0) is 11.4. The van der Waals surface area contributed by atoms with Crippen molar-refractivity contribution in [2.45, 2.75) is 26.7 Å². The first-order valence-corrected chi connectivity index (χ1v) is 5.13. The topological polar surface area (TPSA) is 68.1 Å². The van der Waals surface area contributed by atoms with Crippen LogP contribution in [0.5, 0.6) is 0 Å². The Kier molecular flexibility index (Phi) is 3.91. The van der Waals surface area contributed by atoms with E-state index in [0.717, 1.165) is 11.3 Å². The van der Waals surface area contributed by atoms with Crippen molar-refractivity contribution in [2.75, 3.05) is 13.2 Å². The molecule has 0 atom stereocenters. The molecule has 1 aromatic rings. The first-order chi connectivity index (χ1) is 7.07. The van der Waals surface area contributed by atoms with Gasteiger partial charge >= 0.3 is 5.97 Å². The van der Waals surface area contributed by atoms with Gasteiger partial charge in [0.1, 0.15) is 6.61 Å². The Labute approximate surface area is 89.8 Å². The molecule has 0 aromatic carbocycles. The summed E-state index contributed by atoms with van der Waals surface area (Å²) in [4.78, 5) is 14.8. The predicted octanol–water partition coefficient (Wildman–Crippen LogP) is 1.56. The normalized spacial score (nSPS) is 10.7. The Morgan fingerprint density at radius 3 is 2.80 bits per heavy atom. The number of carbonyl (C=O) groups is 1. The van der Waals surface area contributed by atoms with Gasteiger partial charge in [-0.2, -0.15) is 0 Å². The van der Waals surface area contributed by atoms with E-state index in [4.69, 9.17) is 10.5 Å². The maximum absolute atomic E-state index is 11.7. The zero-order valence-electron chi connectivity index (χ0n) is 9.46. The first kappa shape index (κ1) is 11.8. The van der Waals surface area contributed by atoms with Crippen molar-refractivity contribution < 1.29 is 9.53 Å². The van der Waals surface area contributed by atoms with E-state index in [1.165, 1.54) is 0 Å². The number of nitrogens with two attached hydrogens (primary N) is 1. The van der Waals surface area contributed by atoms with Gasteiger partial charge in [-0.25, -0.2) is 4.79 Å². The lowest BCUT2D eigenvalue weighted by molar-refractivity contribution is 0.0514. The summed E-state index contributed by atoms with van der Waals surface area (Å²) in [7, 11) is 0. The van der Waals surface area contributed by atoms with E-state index in [0.29, 0.717) is 12.1 Å². The van der Waals surface area contributed by atoms with Crippen LogP contribution in [0.4, 0.5) is 0 Å². The van der Waals surface area contributed by atoms with Gasteiger partial charge in [0.05, 0.1) is 5.56 Å². The molecule has 1 rings (SSSR count). The van der Waals surface area contributed by atoms with Gasteiger partial charge in [0.15, 0.2) is 0 Å². The summed E-state index contributed by atoms with van der Waals surface area (Å²) in [6.07, 6.45) is 1.83. The zero-order valence-corrected chi connectivity index (χ0v) is 9.46. The number of ether oxygens (including phenoxy) is 1. The number of esters is 1. The average Bonchev–Trinajstić information content (AvgIpc) is 2.56. The Bertz CT molecular complexity index is 342. The van der Waals surface area contributed by atoms with Crippen LogP contribution in [0.25, 0.3) is 0 Å². The molecule has 4 heteroatoms. The molecular formula is C11H18N2O2. The van der Waals surface area contributed by atoms with Crippen molar-refractivity contribution in [1.82, 2.24) is 4.98 Å². The number of nitrogens with one attached hydrogen (secondary N) is 1. The Balaban J connectivity index is 2.91. The van der Waals surface area contributed by atoms with E-state index in [-0.39, 0.29) is 18.5 Å². The maximum atomic E-state index is 11.7. The van der Waals surface area contributed by atoms with Crippen LogP contribution in [0.15, 0.2) is 6.20 Å². The van der Waals surface area contributed by atoms with Gasteiger partial charge in [-0.05, 0) is 18.4 Å². The molecule has 3 N–H and O–H groups in total. The molecule has 0 aliphatic heterocycles. The molecule has 0 bridgehead atoms. The highest BCUT2D eigenvalue weighted by Gasteiger charge is 2.19. The Hall–Kier alpha value is -1.29. The third kappa shape index (κ3) is 2.59. The number of hydrogen-bond acceptors (Lipinski definition) is 3. The van der Waals surface area contributed by atoms with E-state index in [2.05, 4.69) is 4.98 Å². The third-order valence-electron chi connectivity index (χ3n) is 2.24. The molecule has 0 radical (unpaired) electrons. The summed E-state index contributed by atoms with van der Waals surface area (Å²) in [6, 6.07) is 0. The fourth-order valence-electron chi connectivity index (χ4n) is 1.49. The van der Waals surface area contributed by atoms with E-state index in [9.17, 15) is 4.79 Å². The number of hydrogen-bond donors (Lipinski definition) is 2. The number of H-pyrrole nitrogens is 1. The quantitative estimate of drug-likeness (QED) is 0.741. The van der Waals surface area contributed by atoms with Gasteiger partial charge in [-0.15, -0.1) is 0 Å². The molecule has 0 saturated carbocycles. The Morgan fingerprint density at radius 2 is 2.27 bits per heavy atom. The van der Waals surface area contributed by atoms with E-state index in [1.54, 1.807) is 0 Å². The fraction of sp³-hybridized carbons (Fsp3) is 0.545. The number of aryl methyl sites for hydroxylation is 1. The second kappa shape index (κ2) is 4.98. The number of aromatic nitrogens is 1. The number of rotatable bonds is 4.